The third kappa shape index (κ3) is 4.54. The summed E-state index contributed by atoms with van der Waals surface area (Å²) in [5, 5.41) is 0. The average Bonchev–Trinajstić information content (AvgIpc) is 2.89. The van der Waals surface area contributed by atoms with Gasteiger partial charge in [-0.25, -0.2) is 13.2 Å². The fourth-order valence-electron chi connectivity index (χ4n) is 3.05. The van der Waals surface area contributed by atoms with Crippen molar-refractivity contribution in [3.05, 3.63) is 65.5 Å². The van der Waals surface area contributed by atoms with Crippen molar-refractivity contribution in [1.82, 2.24) is 4.90 Å². The summed E-state index contributed by atoms with van der Waals surface area (Å²) in [5.74, 6) is -3.39. The largest absolute Gasteiger partial charge is 0.489 e. The Labute approximate surface area is 149 Å². The summed E-state index contributed by atoms with van der Waals surface area (Å²) in [4.78, 5) is 12.8. The van der Waals surface area contributed by atoms with Gasteiger partial charge in [0, 0.05) is 13.0 Å². The molecule has 0 bridgehead atoms. The molecule has 2 aromatic carbocycles. The molecule has 1 atom stereocenters. The van der Waals surface area contributed by atoms with Gasteiger partial charge >= 0.3 is 0 Å². The number of nitrogens with zero attached hydrogens (tertiary/aromatic N) is 1. The van der Waals surface area contributed by atoms with Gasteiger partial charge in [-0.1, -0.05) is 24.3 Å². The smallest absolute Gasteiger partial charge is 0.262 e. The van der Waals surface area contributed by atoms with Crippen LogP contribution in [0.1, 0.15) is 17.5 Å². The lowest BCUT2D eigenvalue weighted by atomic mass is 10.1. The second kappa shape index (κ2) is 7.37. The quantitative estimate of drug-likeness (QED) is 0.857. The molecule has 0 spiro atoms. The third-order valence-electron chi connectivity index (χ3n) is 4.30. The van der Waals surface area contributed by atoms with Crippen molar-refractivity contribution in [2.24, 2.45) is 5.73 Å². The van der Waals surface area contributed by atoms with E-state index in [2.05, 4.69) is 0 Å². The van der Waals surface area contributed by atoms with Gasteiger partial charge in [0.05, 0.1) is 12.6 Å². The van der Waals surface area contributed by atoms with Gasteiger partial charge < -0.3 is 10.5 Å². The lowest BCUT2D eigenvalue weighted by molar-refractivity contribution is -0.122. The fraction of sp³-hybridized carbons (Fsp3) is 0.316. The summed E-state index contributed by atoms with van der Waals surface area (Å²) in [6.07, 6.45) is -0.544. The maximum atomic E-state index is 13.6. The zero-order valence-corrected chi connectivity index (χ0v) is 14.0. The molecule has 2 aromatic rings. The Kier molecular flexibility index (Phi) is 5.18. The molecule has 1 heterocycles. The Hall–Kier alpha value is -2.54. The van der Waals surface area contributed by atoms with Gasteiger partial charge in [-0.3, -0.25) is 9.69 Å². The Bertz CT molecular complexity index is 781. The molecule has 4 nitrogen and oxygen atoms in total. The third-order valence-corrected chi connectivity index (χ3v) is 4.30. The van der Waals surface area contributed by atoms with Gasteiger partial charge in [0.1, 0.15) is 18.2 Å². The average molecular weight is 364 g/mol. The molecular weight excluding hydrogens is 345 g/mol. The predicted octanol–water partition coefficient (Wildman–Crippen LogP) is 3.10. The Balaban J connectivity index is 1.60. The van der Waals surface area contributed by atoms with Gasteiger partial charge in [0.2, 0.25) is 5.91 Å². The molecule has 0 aromatic heterocycles. The van der Waals surface area contributed by atoms with Crippen LogP contribution in [0.3, 0.4) is 0 Å². The Morgan fingerprint density at radius 2 is 1.92 bits per heavy atom. The van der Waals surface area contributed by atoms with Crippen molar-refractivity contribution in [3.8, 4) is 5.75 Å². The van der Waals surface area contributed by atoms with E-state index in [9.17, 15) is 18.0 Å². The molecule has 138 valence electrons. The van der Waals surface area contributed by atoms with Gasteiger partial charge in [-0.15, -0.1) is 0 Å². The molecule has 0 aliphatic carbocycles. The summed E-state index contributed by atoms with van der Waals surface area (Å²) in [5.41, 5.74) is 6.71. The molecule has 0 saturated carbocycles. The van der Waals surface area contributed by atoms with E-state index < -0.39 is 30.8 Å². The van der Waals surface area contributed by atoms with E-state index in [4.69, 9.17) is 10.5 Å². The highest BCUT2D eigenvalue weighted by atomic mass is 19.3. The Morgan fingerprint density at radius 3 is 2.58 bits per heavy atom. The first-order chi connectivity index (χ1) is 12.3. The molecule has 1 unspecified atom stereocenters. The number of nitrogens with two attached hydrogens (primary N) is 1. The van der Waals surface area contributed by atoms with Crippen molar-refractivity contribution in [3.63, 3.8) is 0 Å². The number of rotatable bonds is 6. The molecule has 26 heavy (non-hydrogen) atoms. The minimum absolute atomic E-state index is 0.202. The van der Waals surface area contributed by atoms with E-state index >= 15 is 0 Å². The van der Waals surface area contributed by atoms with Crippen LogP contribution >= 0.6 is 0 Å². The van der Waals surface area contributed by atoms with Gasteiger partial charge in [-0.2, -0.15) is 0 Å². The standard InChI is InChI=1S/C19H19F3N2O2/c20-15-3-1-2-14(8-15)11-26-16-6-4-13(5-7-16)10-24-12-19(21,22)9-17(24)18(23)25/h1-8,17H,9-12H2,(H2,23,25). The topological polar surface area (TPSA) is 55.6 Å². The van der Waals surface area contributed by atoms with Crippen LogP contribution in [0.25, 0.3) is 0 Å². The fourth-order valence-corrected chi connectivity index (χ4v) is 3.05. The van der Waals surface area contributed by atoms with Crippen LogP contribution < -0.4 is 10.5 Å². The van der Waals surface area contributed by atoms with Crippen LogP contribution in [0.2, 0.25) is 0 Å². The summed E-state index contributed by atoms with van der Waals surface area (Å²) < 4.78 is 45.9. The van der Waals surface area contributed by atoms with Crippen molar-refractivity contribution in [2.45, 2.75) is 31.5 Å². The molecule has 7 heteroatoms. The second-order valence-electron chi connectivity index (χ2n) is 6.45. The number of carbonyl (C=O) groups excluding carboxylic acids is 1. The lowest BCUT2D eigenvalue weighted by Crippen LogP contribution is -2.39. The number of hydrogen-bond donors (Lipinski definition) is 1. The first-order valence-electron chi connectivity index (χ1n) is 8.20. The normalized spacial score (nSPS) is 19.4. The van der Waals surface area contributed by atoms with Crippen molar-refractivity contribution >= 4 is 5.91 Å². The number of benzene rings is 2. The summed E-state index contributed by atoms with van der Waals surface area (Å²) in [6.45, 7) is -0.0645. The SMILES string of the molecule is NC(=O)C1CC(F)(F)CN1Cc1ccc(OCc2cccc(F)c2)cc1. The molecule has 1 aliphatic heterocycles. The molecule has 3 rings (SSSR count). The van der Waals surface area contributed by atoms with Crippen LogP contribution in [0.5, 0.6) is 5.75 Å². The lowest BCUT2D eigenvalue weighted by Gasteiger charge is -2.21. The minimum atomic E-state index is -2.91. The maximum Gasteiger partial charge on any atom is 0.262 e. The first kappa shape index (κ1) is 18.3. The van der Waals surface area contributed by atoms with E-state index in [0.717, 1.165) is 5.56 Å². The first-order valence-corrected chi connectivity index (χ1v) is 8.20. The van der Waals surface area contributed by atoms with Crippen LogP contribution in [0, 0.1) is 5.82 Å². The number of likely N-dealkylation sites (tertiary alicyclic amines) is 1. The molecule has 1 saturated heterocycles. The van der Waals surface area contributed by atoms with E-state index in [1.165, 1.54) is 17.0 Å². The van der Waals surface area contributed by atoms with Crippen LogP contribution in [-0.4, -0.2) is 29.3 Å². The highest BCUT2D eigenvalue weighted by molar-refractivity contribution is 5.80. The van der Waals surface area contributed by atoms with E-state index in [1.807, 2.05) is 0 Å². The second-order valence-corrected chi connectivity index (χ2v) is 6.45. The van der Waals surface area contributed by atoms with Crippen molar-refractivity contribution < 1.29 is 22.7 Å². The molecule has 0 radical (unpaired) electrons. The molecule has 1 amide bonds. The Morgan fingerprint density at radius 1 is 1.19 bits per heavy atom. The van der Waals surface area contributed by atoms with Gasteiger partial charge in [0.15, 0.2) is 0 Å². The molecule has 1 aliphatic rings. The van der Waals surface area contributed by atoms with Gasteiger partial charge in [0.25, 0.3) is 5.92 Å². The number of halogens is 3. The molecular formula is C19H19F3N2O2. The summed E-state index contributed by atoms with van der Waals surface area (Å²) in [6, 6.07) is 12.1. The number of amides is 1. The molecule has 1 fully saturated rings. The van der Waals surface area contributed by atoms with Crippen molar-refractivity contribution in [1.29, 1.82) is 0 Å². The summed E-state index contributed by atoms with van der Waals surface area (Å²) >= 11 is 0. The van der Waals surface area contributed by atoms with Crippen LogP contribution in [0.4, 0.5) is 13.2 Å². The monoisotopic (exact) mass is 364 g/mol. The van der Waals surface area contributed by atoms with Crippen LogP contribution in [0.15, 0.2) is 48.5 Å². The number of alkyl halides is 2. The van der Waals surface area contributed by atoms with Crippen LogP contribution in [-0.2, 0) is 17.9 Å². The zero-order valence-electron chi connectivity index (χ0n) is 14.0. The van der Waals surface area contributed by atoms with Crippen molar-refractivity contribution in [2.75, 3.05) is 6.54 Å². The maximum absolute atomic E-state index is 13.6. The minimum Gasteiger partial charge on any atom is -0.489 e. The predicted molar refractivity (Wildman–Crippen MR) is 90.1 cm³/mol. The van der Waals surface area contributed by atoms with E-state index in [1.54, 1.807) is 36.4 Å². The molecule has 2 N–H and O–H groups in total. The summed E-state index contributed by atoms with van der Waals surface area (Å²) in [7, 11) is 0. The number of hydrogen-bond acceptors (Lipinski definition) is 3. The number of primary amides is 1. The highest BCUT2D eigenvalue weighted by Crippen LogP contribution is 2.33. The number of ether oxygens (including phenoxy) is 1. The van der Waals surface area contributed by atoms with E-state index in [0.29, 0.717) is 11.3 Å². The zero-order chi connectivity index (χ0) is 18.7. The van der Waals surface area contributed by atoms with Gasteiger partial charge in [-0.05, 0) is 35.4 Å². The number of carbonyl (C=O) groups is 1. The van der Waals surface area contributed by atoms with E-state index in [-0.39, 0.29) is 19.0 Å². The highest BCUT2D eigenvalue weighted by Gasteiger charge is 2.47.